The maximum Gasteiger partial charge on any atom is 0.247 e. The van der Waals surface area contributed by atoms with Gasteiger partial charge in [0.15, 0.2) is 0 Å². The highest BCUT2D eigenvalue weighted by molar-refractivity contribution is 5.52. The van der Waals surface area contributed by atoms with Gasteiger partial charge in [-0.05, 0) is 44.1 Å². The van der Waals surface area contributed by atoms with Gasteiger partial charge in [0.05, 0.1) is 6.54 Å². The first-order valence-electron chi connectivity index (χ1n) is 6.12. The predicted octanol–water partition coefficient (Wildman–Crippen LogP) is 2.47. The van der Waals surface area contributed by atoms with Crippen molar-refractivity contribution < 1.29 is 8.81 Å². The zero-order chi connectivity index (χ0) is 12.4. The van der Waals surface area contributed by atoms with Crippen molar-refractivity contribution in [3.63, 3.8) is 0 Å². The second kappa shape index (κ2) is 4.86. The molecule has 1 fully saturated rings. The van der Waals surface area contributed by atoms with E-state index in [1.165, 1.54) is 25.0 Å². The van der Waals surface area contributed by atoms with Gasteiger partial charge in [0, 0.05) is 5.56 Å². The van der Waals surface area contributed by atoms with E-state index >= 15 is 0 Å². The quantitative estimate of drug-likeness (QED) is 0.835. The molecule has 94 valence electrons. The van der Waals surface area contributed by atoms with Crippen LogP contribution >= 0.6 is 0 Å². The van der Waals surface area contributed by atoms with E-state index in [0.29, 0.717) is 23.9 Å². The first kappa shape index (κ1) is 11.3. The number of halogens is 1. The molecule has 0 radical (unpaired) electrons. The average Bonchev–Trinajstić information content (AvgIpc) is 3.01. The van der Waals surface area contributed by atoms with E-state index in [1.807, 2.05) is 0 Å². The Kier molecular flexibility index (Phi) is 3.06. The Hall–Kier alpha value is -1.75. The van der Waals surface area contributed by atoms with E-state index in [0.717, 1.165) is 13.1 Å². The number of hydrogen-bond acceptors (Lipinski definition) is 4. The number of benzene rings is 1. The summed E-state index contributed by atoms with van der Waals surface area (Å²) < 4.78 is 18.6. The molecule has 5 heteroatoms. The molecule has 1 aromatic heterocycles. The van der Waals surface area contributed by atoms with Crippen molar-refractivity contribution in [2.75, 3.05) is 13.1 Å². The smallest absolute Gasteiger partial charge is 0.247 e. The predicted molar refractivity (Wildman–Crippen MR) is 64.2 cm³/mol. The fourth-order valence-corrected chi connectivity index (χ4v) is 2.19. The van der Waals surface area contributed by atoms with Crippen LogP contribution in [0.5, 0.6) is 0 Å². The minimum absolute atomic E-state index is 0.299. The molecule has 0 unspecified atom stereocenters. The Labute approximate surface area is 104 Å². The topological polar surface area (TPSA) is 42.2 Å². The molecule has 2 aromatic rings. The van der Waals surface area contributed by atoms with Gasteiger partial charge < -0.3 is 4.42 Å². The Morgan fingerprint density at radius 3 is 2.83 bits per heavy atom. The van der Waals surface area contributed by atoms with Crippen LogP contribution in [0.2, 0.25) is 0 Å². The molecule has 3 rings (SSSR count). The summed E-state index contributed by atoms with van der Waals surface area (Å²) in [6.07, 6.45) is 2.45. The van der Waals surface area contributed by atoms with Gasteiger partial charge in [0.25, 0.3) is 0 Å². The molecule has 1 saturated heterocycles. The van der Waals surface area contributed by atoms with Crippen molar-refractivity contribution in [1.29, 1.82) is 0 Å². The summed E-state index contributed by atoms with van der Waals surface area (Å²) in [5, 5.41) is 7.96. The van der Waals surface area contributed by atoms with E-state index in [-0.39, 0.29) is 5.82 Å². The number of hydrogen-bond donors (Lipinski definition) is 0. The molecule has 18 heavy (non-hydrogen) atoms. The third kappa shape index (κ3) is 2.41. The lowest BCUT2D eigenvalue weighted by Crippen LogP contribution is -2.18. The maximum absolute atomic E-state index is 13.1. The Bertz CT molecular complexity index is 535. The summed E-state index contributed by atoms with van der Waals surface area (Å²) >= 11 is 0. The third-order valence-electron chi connectivity index (χ3n) is 3.10. The fourth-order valence-electron chi connectivity index (χ4n) is 2.19. The number of nitrogens with zero attached hydrogens (tertiary/aromatic N) is 3. The van der Waals surface area contributed by atoms with Crippen LogP contribution in [0.4, 0.5) is 4.39 Å². The van der Waals surface area contributed by atoms with Crippen LogP contribution in [-0.2, 0) is 6.54 Å². The van der Waals surface area contributed by atoms with Gasteiger partial charge in [-0.15, -0.1) is 10.2 Å². The molecule has 0 amide bonds. The summed E-state index contributed by atoms with van der Waals surface area (Å²) in [4.78, 5) is 2.28. The molecule has 0 saturated carbocycles. The van der Waals surface area contributed by atoms with Crippen LogP contribution in [0, 0.1) is 5.82 Å². The fraction of sp³-hybridized carbons (Fsp3) is 0.385. The Balaban J connectivity index is 1.76. The normalized spacial score (nSPS) is 16.3. The van der Waals surface area contributed by atoms with Crippen LogP contribution in [0.3, 0.4) is 0 Å². The zero-order valence-corrected chi connectivity index (χ0v) is 9.97. The SMILES string of the molecule is Fc1cccc(-c2nnc(CN3CCCC3)o2)c1. The van der Waals surface area contributed by atoms with Crippen molar-refractivity contribution in [2.45, 2.75) is 19.4 Å². The van der Waals surface area contributed by atoms with Gasteiger partial charge in [0.2, 0.25) is 11.8 Å². The maximum atomic E-state index is 13.1. The number of rotatable bonds is 3. The molecular formula is C13H14FN3O. The van der Waals surface area contributed by atoms with Gasteiger partial charge in [0.1, 0.15) is 5.82 Å². The van der Waals surface area contributed by atoms with Crippen molar-refractivity contribution in [1.82, 2.24) is 15.1 Å². The van der Waals surface area contributed by atoms with Gasteiger partial charge in [-0.2, -0.15) is 0 Å². The highest BCUT2D eigenvalue weighted by atomic mass is 19.1. The molecule has 0 atom stereocenters. The summed E-state index contributed by atoms with van der Waals surface area (Å²) in [6.45, 7) is 2.84. The second-order valence-corrected chi connectivity index (χ2v) is 4.49. The summed E-state index contributed by atoms with van der Waals surface area (Å²) in [7, 11) is 0. The number of likely N-dealkylation sites (tertiary alicyclic amines) is 1. The standard InChI is InChI=1S/C13H14FN3O/c14-11-5-3-4-10(8-11)13-16-15-12(18-13)9-17-6-1-2-7-17/h3-5,8H,1-2,6-7,9H2. The first-order valence-corrected chi connectivity index (χ1v) is 6.12. The molecule has 1 aliphatic heterocycles. The van der Waals surface area contributed by atoms with Crippen LogP contribution in [0.25, 0.3) is 11.5 Å². The summed E-state index contributed by atoms with van der Waals surface area (Å²) in [5.41, 5.74) is 0.621. The molecule has 0 aliphatic carbocycles. The molecule has 0 bridgehead atoms. The van der Waals surface area contributed by atoms with E-state index in [1.54, 1.807) is 12.1 Å². The largest absolute Gasteiger partial charge is 0.419 e. The molecule has 2 heterocycles. The first-order chi connectivity index (χ1) is 8.81. The molecule has 0 N–H and O–H groups in total. The van der Waals surface area contributed by atoms with Crippen molar-refractivity contribution >= 4 is 0 Å². The third-order valence-corrected chi connectivity index (χ3v) is 3.10. The average molecular weight is 247 g/mol. The molecule has 1 aliphatic rings. The molecule has 4 nitrogen and oxygen atoms in total. The Morgan fingerprint density at radius 2 is 2.06 bits per heavy atom. The lowest BCUT2D eigenvalue weighted by atomic mass is 10.2. The minimum atomic E-state index is -0.299. The van der Waals surface area contributed by atoms with E-state index in [9.17, 15) is 4.39 Å². The second-order valence-electron chi connectivity index (χ2n) is 4.49. The van der Waals surface area contributed by atoms with Gasteiger partial charge in [-0.1, -0.05) is 6.07 Å². The van der Waals surface area contributed by atoms with Gasteiger partial charge >= 0.3 is 0 Å². The van der Waals surface area contributed by atoms with E-state index in [2.05, 4.69) is 15.1 Å². The Morgan fingerprint density at radius 1 is 1.22 bits per heavy atom. The van der Waals surface area contributed by atoms with Crippen LogP contribution in [0.1, 0.15) is 18.7 Å². The minimum Gasteiger partial charge on any atom is -0.419 e. The van der Waals surface area contributed by atoms with E-state index in [4.69, 9.17) is 4.42 Å². The van der Waals surface area contributed by atoms with Crippen molar-refractivity contribution in [3.05, 3.63) is 36.0 Å². The van der Waals surface area contributed by atoms with Gasteiger partial charge in [-0.25, -0.2) is 4.39 Å². The lowest BCUT2D eigenvalue weighted by Gasteiger charge is -2.10. The van der Waals surface area contributed by atoms with Crippen LogP contribution in [0.15, 0.2) is 28.7 Å². The summed E-state index contributed by atoms with van der Waals surface area (Å²) in [6, 6.07) is 6.18. The highest BCUT2D eigenvalue weighted by Crippen LogP contribution is 2.20. The highest BCUT2D eigenvalue weighted by Gasteiger charge is 2.16. The zero-order valence-electron chi connectivity index (χ0n) is 9.97. The molecular weight excluding hydrogens is 233 g/mol. The van der Waals surface area contributed by atoms with E-state index < -0.39 is 0 Å². The number of aromatic nitrogens is 2. The molecule has 1 aromatic carbocycles. The van der Waals surface area contributed by atoms with Crippen LogP contribution < -0.4 is 0 Å². The van der Waals surface area contributed by atoms with Crippen molar-refractivity contribution in [2.24, 2.45) is 0 Å². The molecule has 0 spiro atoms. The van der Waals surface area contributed by atoms with Crippen molar-refractivity contribution in [3.8, 4) is 11.5 Å². The van der Waals surface area contributed by atoms with Crippen LogP contribution in [-0.4, -0.2) is 28.2 Å². The lowest BCUT2D eigenvalue weighted by molar-refractivity contribution is 0.292. The monoisotopic (exact) mass is 247 g/mol. The summed E-state index contributed by atoms with van der Waals surface area (Å²) in [5.74, 6) is 0.673. The van der Waals surface area contributed by atoms with Gasteiger partial charge in [-0.3, -0.25) is 4.90 Å².